The van der Waals surface area contributed by atoms with Gasteiger partial charge < -0.3 is 0 Å². The van der Waals surface area contributed by atoms with Crippen LogP contribution in [-0.2, 0) is 20.5 Å². The zero-order valence-corrected chi connectivity index (χ0v) is 15.3. The number of hydrogen-bond acceptors (Lipinski definition) is 5. The molecule has 142 valence electrons. The number of nitrogens with one attached hydrogen (secondary N) is 1. The van der Waals surface area contributed by atoms with Crippen molar-refractivity contribution < 1.29 is 14.7 Å². The highest BCUT2D eigenvalue weighted by atomic mass is 16.6. The van der Waals surface area contributed by atoms with Gasteiger partial charge in [-0.3, -0.25) is 19.7 Å². The van der Waals surface area contributed by atoms with Crippen molar-refractivity contribution >= 4 is 22.5 Å². The molecule has 3 aromatic rings. The van der Waals surface area contributed by atoms with Crippen LogP contribution in [0.25, 0.3) is 22.2 Å². The summed E-state index contributed by atoms with van der Waals surface area (Å²) in [6, 6.07) is 5.73. The molecule has 2 heterocycles. The average Bonchev–Trinajstić information content (AvgIpc) is 2.69. The van der Waals surface area contributed by atoms with Crippen molar-refractivity contribution in [2.75, 3.05) is 0 Å². The lowest BCUT2D eigenvalue weighted by Gasteiger charge is -2.18. The summed E-state index contributed by atoms with van der Waals surface area (Å²) in [4.78, 5) is 51.7. The molecule has 1 N–H and O–H groups in total. The Labute approximate surface area is 158 Å². The molecule has 0 radical (unpaired) electrons. The van der Waals surface area contributed by atoms with Crippen LogP contribution in [0.15, 0.2) is 33.9 Å². The molecule has 1 aliphatic rings. The van der Waals surface area contributed by atoms with Gasteiger partial charge in [-0.1, -0.05) is 0 Å². The van der Waals surface area contributed by atoms with E-state index in [0.717, 1.165) is 4.57 Å². The van der Waals surface area contributed by atoms with Crippen LogP contribution in [-0.4, -0.2) is 19.8 Å². The predicted octanol–water partition coefficient (Wildman–Crippen LogP) is 1.15. The van der Waals surface area contributed by atoms with Gasteiger partial charge >= 0.3 is 5.69 Å². The molecule has 0 saturated heterocycles. The number of non-ortho nitro benzene ring substituents is 1. The number of H-pyrrole nitrogens is 1. The van der Waals surface area contributed by atoms with Crippen LogP contribution in [0.2, 0.25) is 0 Å². The topological polar surface area (TPSA) is 118 Å². The average molecular weight is 381 g/mol. The van der Waals surface area contributed by atoms with Gasteiger partial charge in [0.1, 0.15) is 11.1 Å². The van der Waals surface area contributed by atoms with E-state index in [2.05, 4.69) is 4.98 Å². The van der Waals surface area contributed by atoms with Crippen molar-refractivity contribution in [1.29, 1.82) is 0 Å². The van der Waals surface area contributed by atoms with Gasteiger partial charge in [0.15, 0.2) is 5.78 Å². The summed E-state index contributed by atoms with van der Waals surface area (Å²) in [6.45, 7) is 0. The highest BCUT2D eigenvalue weighted by Crippen LogP contribution is 2.34. The summed E-state index contributed by atoms with van der Waals surface area (Å²) in [7, 11) is 2.93. The standard InChI is InChI=1S/C19H16N4O5/c1-21-17-16(18(25)22(2)19(21)26)14(10-6-8-11(9-7-10)23(27)28)15-12(20-17)4-3-5-13(15)24/h6-9H,3-5H2,1-2H3/p+1. The van der Waals surface area contributed by atoms with E-state index in [1.807, 2.05) is 0 Å². The van der Waals surface area contributed by atoms with Crippen LogP contribution in [0, 0.1) is 10.1 Å². The van der Waals surface area contributed by atoms with E-state index in [1.54, 1.807) is 7.05 Å². The van der Waals surface area contributed by atoms with Crippen LogP contribution in [0.5, 0.6) is 0 Å². The Morgan fingerprint density at radius 3 is 2.32 bits per heavy atom. The fraction of sp³-hybridized carbons (Fsp3) is 0.263. The van der Waals surface area contributed by atoms with Crippen molar-refractivity contribution in [1.82, 2.24) is 9.13 Å². The van der Waals surface area contributed by atoms with Crippen molar-refractivity contribution in [3.8, 4) is 11.1 Å². The number of hydrogen-bond donors (Lipinski definition) is 0. The first-order chi connectivity index (χ1) is 13.3. The van der Waals surface area contributed by atoms with E-state index < -0.39 is 16.2 Å². The fourth-order valence-corrected chi connectivity index (χ4v) is 3.78. The molecule has 28 heavy (non-hydrogen) atoms. The smallest absolute Gasteiger partial charge is 0.294 e. The summed E-state index contributed by atoms with van der Waals surface area (Å²) in [5.41, 5.74) is 1.26. The van der Waals surface area contributed by atoms with Crippen molar-refractivity contribution in [2.24, 2.45) is 14.1 Å². The number of nitrogens with zero attached hydrogens (tertiary/aromatic N) is 3. The Morgan fingerprint density at radius 2 is 1.68 bits per heavy atom. The second-order valence-electron chi connectivity index (χ2n) is 6.86. The van der Waals surface area contributed by atoms with Gasteiger partial charge in [0.05, 0.1) is 17.5 Å². The first-order valence-electron chi connectivity index (χ1n) is 8.77. The van der Waals surface area contributed by atoms with Crippen LogP contribution >= 0.6 is 0 Å². The second-order valence-corrected chi connectivity index (χ2v) is 6.86. The molecule has 9 nitrogen and oxygen atoms in total. The number of pyridine rings is 1. The van der Waals surface area contributed by atoms with E-state index in [9.17, 15) is 24.5 Å². The van der Waals surface area contributed by atoms with Gasteiger partial charge in [-0.15, -0.1) is 0 Å². The third kappa shape index (κ3) is 2.47. The Kier molecular flexibility index (Phi) is 3.95. The van der Waals surface area contributed by atoms with Crippen molar-refractivity contribution in [2.45, 2.75) is 19.3 Å². The molecule has 0 bridgehead atoms. The van der Waals surface area contributed by atoms with Crippen LogP contribution < -0.4 is 16.2 Å². The zero-order valence-electron chi connectivity index (χ0n) is 15.3. The molecule has 1 aromatic carbocycles. The molecule has 4 rings (SSSR count). The first-order valence-corrected chi connectivity index (χ1v) is 8.77. The van der Waals surface area contributed by atoms with Crippen LogP contribution in [0.4, 0.5) is 5.69 Å². The number of aromatic amines is 1. The maximum absolute atomic E-state index is 13.0. The molecule has 0 amide bonds. The van der Waals surface area contributed by atoms with Gasteiger partial charge in [-0.2, -0.15) is 4.57 Å². The normalized spacial score (nSPS) is 13.6. The molecule has 2 aromatic heterocycles. The monoisotopic (exact) mass is 381 g/mol. The lowest BCUT2D eigenvalue weighted by Crippen LogP contribution is -2.41. The number of nitro groups is 1. The minimum atomic E-state index is -0.524. The van der Waals surface area contributed by atoms with Crippen molar-refractivity contribution in [3.05, 3.63) is 66.5 Å². The van der Waals surface area contributed by atoms with E-state index in [-0.39, 0.29) is 16.9 Å². The molecule has 1 aliphatic carbocycles. The first kappa shape index (κ1) is 17.8. The van der Waals surface area contributed by atoms with E-state index in [0.29, 0.717) is 47.3 Å². The highest BCUT2D eigenvalue weighted by molar-refractivity contribution is 6.09. The summed E-state index contributed by atoms with van der Waals surface area (Å²) in [6.07, 6.45) is 1.64. The molecule has 0 unspecified atom stereocenters. The summed E-state index contributed by atoms with van der Waals surface area (Å²) < 4.78 is 2.33. The zero-order chi connectivity index (χ0) is 20.2. The number of carbonyl (C=O) groups is 1. The summed E-state index contributed by atoms with van der Waals surface area (Å²) in [5, 5.41) is 11.2. The fourth-order valence-electron chi connectivity index (χ4n) is 3.78. The van der Waals surface area contributed by atoms with Crippen LogP contribution in [0.1, 0.15) is 28.9 Å². The van der Waals surface area contributed by atoms with E-state index in [1.165, 1.54) is 35.9 Å². The van der Waals surface area contributed by atoms with E-state index >= 15 is 0 Å². The van der Waals surface area contributed by atoms with Crippen molar-refractivity contribution in [3.63, 3.8) is 0 Å². The number of carbonyl (C=O) groups excluding carboxylic acids is 1. The number of aryl methyl sites for hydroxylation is 2. The lowest BCUT2D eigenvalue weighted by molar-refractivity contribution is -0.384. The molecule has 0 fully saturated rings. The van der Waals surface area contributed by atoms with Gasteiger partial charge in [0.2, 0.25) is 0 Å². The largest absolute Gasteiger partial charge is 0.417 e. The lowest BCUT2D eigenvalue weighted by atomic mass is 9.86. The van der Waals surface area contributed by atoms with Gasteiger partial charge in [-0.05, 0) is 24.1 Å². The predicted molar refractivity (Wildman–Crippen MR) is 100 cm³/mol. The minimum Gasteiger partial charge on any atom is -0.294 e. The third-order valence-electron chi connectivity index (χ3n) is 5.21. The minimum absolute atomic E-state index is 0.0870. The number of fused-ring (bicyclic) bond motifs is 2. The van der Waals surface area contributed by atoms with E-state index in [4.69, 9.17) is 0 Å². The van der Waals surface area contributed by atoms with Crippen LogP contribution in [0.3, 0.4) is 0 Å². The highest BCUT2D eigenvalue weighted by Gasteiger charge is 2.31. The second kappa shape index (κ2) is 6.22. The Balaban J connectivity index is 2.20. The number of nitro benzene ring substituents is 1. The quantitative estimate of drug-likeness (QED) is 0.487. The number of ketones is 1. The van der Waals surface area contributed by atoms with Gasteiger partial charge in [0, 0.05) is 37.6 Å². The molecule has 0 saturated carbocycles. The maximum atomic E-state index is 13.0. The number of rotatable bonds is 2. The molecular formula is C19H17N4O5+. The Hall–Kier alpha value is -3.62. The molecule has 9 heteroatoms. The number of benzene rings is 1. The van der Waals surface area contributed by atoms with Gasteiger partial charge in [-0.25, -0.2) is 14.3 Å². The Bertz CT molecular complexity index is 1290. The maximum Gasteiger partial charge on any atom is 0.417 e. The summed E-state index contributed by atoms with van der Waals surface area (Å²) >= 11 is 0. The summed E-state index contributed by atoms with van der Waals surface area (Å²) in [5.74, 6) is -0.0938. The SMILES string of the molecule is Cn1c(=O)c2c(-c3ccc([N+](=O)[O-])cc3)c3c([nH+]c2n(C)c1=O)CCCC3=O. The molecule has 0 spiro atoms. The molecule has 0 aliphatic heterocycles. The van der Waals surface area contributed by atoms with Gasteiger partial charge in [0.25, 0.3) is 16.9 Å². The molecule has 0 atom stereocenters. The molecular weight excluding hydrogens is 364 g/mol. The number of aromatic nitrogens is 3. The number of Topliss-reactive ketones (excluding diaryl/α,β-unsaturated/α-hetero) is 1. The third-order valence-corrected chi connectivity index (χ3v) is 5.21. The Morgan fingerprint density at radius 1 is 1.00 bits per heavy atom.